The molecule has 124 valence electrons. The fraction of sp³-hybridized carbons (Fsp3) is 0.750. The smallest absolute Gasteiger partial charge is 0.191 e. The first-order valence-electron chi connectivity index (χ1n) is 8.20. The zero-order valence-corrected chi connectivity index (χ0v) is 14.7. The molecular formula is C16H28N4OS. The van der Waals surface area contributed by atoms with E-state index in [9.17, 15) is 5.11 Å². The molecule has 0 atom stereocenters. The van der Waals surface area contributed by atoms with Crippen LogP contribution in [0.15, 0.2) is 4.99 Å². The molecule has 0 unspecified atom stereocenters. The third-order valence-corrected chi connectivity index (χ3v) is 5.15. The highest BCUT2D eigenvalue weighted by molar-refractivity contribution is 7.11. The van der Waals surface area contributed by atoms with E-state index in [1.54, 1.807) is 11.3 Å². The molecule has 2 rings (SSSR count). The first-order chi connectivity index (χ1) is 10.5. The Hall–Kier alpha value is -1.14. The van der Waals surface area contributed by atoms with Gasteiger partial charge in [0.2, 0.25) is 0 Å². The van der Waals surface area contributed by atoms with Gasteiger partial charge in [0, 0.05) is 18.0 Å². The standard InChI is InChI=1S/C16H28N4OS/c1-4-17-15(18-10-14-12(2)20-13(3)22-14)19-11-16(21)8-6-5-7-9-16/h21H,4-11H2,1-3H3,(H2,17,18,19). The van der Waals surface area contributed by atoms with Gasteiger partial charge in [0.25, 0.3) is 0 Å². The summed E-state index contributed by atoms with van der Waals surface area (Å²) in [6.07, 6.45) is 5.23. The predicted octanol–water partition coefficient (Wildman–Crippen LogP) is 2.51. The Morgan fingerprint density at radius 2 is 2.00 bits per heavy atom. The Bertz CT molecular complexity index is 506. The normalized spacial score (nSPS) is 18.3. The lowest BCUT2D eigenvalue weighted by Crippen LogP contribution is -2.48. The molecule has 0 amide bonds. The number of rotatable bonds is 5. The monoisotopic (exact) mass is 324 g/mol. The molecule has 1 aliphatic rings. The summed E-state index contributed by atoms with van der Waals surface area (Å²) in [5.74, 6) is 0.770. The van der Waals surface area contributed by atoms with E-state index in [1.165, 1.54) is 11.3 Å². The zero-order valence-electron chi connectivity index (χ0n) is 13.9. The fourth-order valence-corrected chi connectivity index (χ4v) is 3.71. The Kier molecular flexibility index (Phi) is 6.20. The number of nitrogens with zero attached hydrogens (tertiary/aromatic N) is 2. The van der Waals surface area contributed by atoms with Crippen molar-refractivity contribution >= 4 is 17.3 Å². The number of nitrogens with one attached hydrogen (secondary N) is 2. The molecular weight excluding hydrogens is 296 g/mol. The van der Waals surface area contributed by atoms with Gasteiger partial charge in [-0.3, -0.25) is 0 Å². The molecule has 0 radical (unpaired) electrons. The van der Waals surface area contributed by atoms with E-state index in [2.05, 4.69) is 27.5 Å². The first-order valence-corrected chi connectivity index (χ1v) is 9.01. The lowest BCUT2D eigenvalue weighted by atomic mass is 9.85. The van der Waals surface area contributed by atoms with E-state index >= 15 is 0 Å². The van der Waals surface area contributed by atoms with Crippen molar-refractivity contribution in [2.24, 2.45) is 4.99 Å². The van der Waals surface area contributed by atoms with Crippen LogP contribution in [0.3, 0.4) is 0 Å². The van der Waals surface area contributed by atoms with Crippen LogP contribution < -0.4 is 10.6 Å². The van der Waals surface area contributed by atoms with Crippen molar-refractivity contribution < 1.29 is 5.11 Å². The van der Waals surface area contributed by atoms with E-state index in [0.717, 1.165) is 48.9 Å². The average Bonchev–Trinajstić information content (AvgIpc) is 2.81. The van der Waals surface area contributed by atoms with Crippen molar-refractivity contribution in [1.82, 2.24) is 15.6 Å². The maximum absolute atomic E-state index is 10.6. The van der Waals surface area contributed by atoms with Crippen molar-refractivity contribution in [3.05, 3.63) is 15.6 Å². The number of guanidine groups is 1. The van der Waals surface area contributed by atoms with Crippen LogP contribution in [0.4, 0.5) is 0 Å². The summed E-state index contributed by atoms with van der Waals surface area (Å²) in [6, 6.07) is 0. The highest BCUT2D eigenvalue weighted by Gasteiger charge is 2.29. The number of thiazole rings is 1. The number of aliphatic imine (C=N–C) groups is 1. The van der Waals surface area contributed by atoms with E-state index in [1.807, 2.05) is 13.8 Å². The van der Waals surface area contributed by atoms with Gasteiger partial charge in [0.1, 0.15) is 0 Å². The molecule has 1 aromatic heterocycles. The molecule has 1 saturated carbocycles. The van der Waals surface area contributed by atoms with Crippen LogP contribution in [0, 0.1) is 13.8 Å². The molecule has 5 nitrogen and oxygen atoms in total. The van der Waals surface area contributed by atoms with Crippen molar-refractivity contribution in [2.75, 3.05) is 13.1 Å². The molecule has 1 fully saturated rings. The average molecular weight is 324 g/mol. The molecule has 0 aliphatic heterocycles. The summed E-state index contributed by atoms with van der Waals surface area (Å²) in [7, 11) is 0. The Balaban J connectivity index is 1.93. The molecule has 0 saturated heterocycles. The van der Waals surface area contributed by atoms with Crippen LogP contribution in [0.5, 0.6) is 0 Å². The molecule has 1 aromatic rings. The number of aryl methyl sites for hydroxylation is 2. The van der Waals surface area contributed by atoms with Crippen LogP contribution in [-0.4, -0.2) is 34.7 Å². The molecule has 6 heteroatoms. The lowest BCUT2D eigenvalue weighted by Gasteiger charge is -2.32. The van der Waals surface area contributed by atoms with Crippen LogP contribution in [0.2, 0.25) is 0 Å². The maximum Gasteiger partial charge on any atom is 0.191 e. The van der Waals surface area contributed by atoms with Gasteiger partial charge in [0.15, 0.2) is 5.96 Å². The van der Waals surface area contributed by atoms with Gasteiger partial charge in [0.05, 0.1) is 22.8 Å². The largest absolute Gasteiger partial charge is 0.388 e. The van der Waals surface area contributed by atoms with Crippen LogP contribution >= 0.6 is 11.3 Å². The van der Waals surface area contributed by atoms with Crippen LogP contribution in [0.25, 0.3) is 0 Å². The van der Waals surface area contributed by atoms with Crippen molar-refractivity contribution in [3.63, 3.8) is 0 Å². The molecule has 22 heavy (non-hydrogen) atoms. The number of hydrogen-bond donors (Lipinski definition) is 3. The second kappa shape index (κ2) is 7.92. The Morgan fingerprint density at radius 3 is 2.59 bits per heavy atom. The van der Waals surface area contributed by atoms with Gasteiger partial charge in [-0.1, -0.05) is 19.3 Å². The minimum Gasteiger partial charge on any atom is -0.388 e. The third-order valence-electron chi connectivity index (χ3n) is 4.09. The molecule has 3 N–H and O–H groups in total. The van der Waals surface area contributed by atoms with Crippen molar-refractivity contribution in [1.29, 1.82) is 0 Å². The van der Waals surface area contributed by atoms with Crippen LogP contribution in [-0.2, 0) is 6.54 Å². The van der Waals surface area contributed by atoms with E-state index in [-0.39, 0.29) is 0 Å². The summed E-state index contributed by atoms with van der Waals surface area (Å²) in [6.45, 7) is 8.11. The van der Waals surface area contributed by atoms with E-state index in [4.69, 9.17) is 0 Å². The summed E-state index contributed by atoms with van der Waals surface area (Å²) in [4.78, 5) is 10.3. The van der Waals surface area contributed by atoms with Gasteiger partial charge >= 0.3 is 0 Å². The van der Waals surface area contributed by atoms with Gasteiger partial charge < -0.3 is 15.7 Å². The SMILES string of the molecule is CCNC(=NCc1sc(C)nc1C)NCC1(O)CCCCC1. The fourth-order valence-electron chi connectivity index (χ4n) is 2.85. The van der Waals surface area contributed by atoms with Gasteiger partial charge in [-0.05, 0) is 33.6 Å². The Morgan fingerprint density at radius 1 is 1.27 bits per heavy atom. The summed E-state index contributed by atoms with van der Waals surface area (Å²) >= 11 is 1.70. The molecule has 1 aliphatic carbocycles. The summed E-state index contributed by atoms with van der Waals surface area (Å²) in [5, 5.41) is 18.2. The predicted molar refractivity (Wildman–Crippen MR) is 92.4 cm³/mol. The van der Waals surface area contributed by atoms with Crippen molar-refractivity contribution in [3.8, 4) is 0 Å². The summed E-state index contributed by atoms with van der Waals surface area (Å²) < 4.78 is 0. The van der Waals surface area contributed by atoms with Crippen LogP contribution in [0.1, 0.15) is 54.6 Å². The minimum atomic E-state index is -0.578. The number of hydrogen-bond acceptors (Lipinski definition) is 4. The molecule has 0 bridgehead atoms. The Labute approximate surface area is 137 Å². The van der Waals surface area contributed by atoms with Gasteiger partial charge in [-0.25, -0.2) is 9.98 Å². The van der Waals surface area contributed by atoms with E-state index in [0.29, 0.717) is 13.1 Å². The second-order valence-corrected chi connectivity index (χ2v) is 7.36. The van der Waals surface area contributed by atoms with Gasteiger partial charge in [-0.15, -0.1) is 11.3 Å². The number of aliphatic hydroxyl groups is 1. The van der Waals surface area contributed by atoms with Gasteiger partial charge in [-0.2, -0.15) is 0 Å². The minimum absolute atomic E-state index is 0.569. The highest BCUT2D eigenvalue weighted by Crippen LogP contribution is 2.27. The summed E-state index contributed by atoms with van der Waals surface area (Å²) in [5.41, 5.74) is 0.485. The highest BCUT2D eigenvalue weighted by atomic mass is 32.1. The third kappa shape index (κ3) is 4.95. The second-order valence-electron chi connectivity index (χ2n) is 6.08. The molecule has 1 heterocycles. The van der Waals surface area contributed by atoms with E-state index < -0.39 is 5.60 Å². The number of aromatic nitrogens is 1. The lowest BCUT2D eigenvalue weighted by molar-refractivity contribution is 0.00859. The topological polar surface area (TPSA) is 69.5 Å². The first kappa shape index (κ1) is 17.2. The quantitative estimate of drug-likeness (QED) is 0.575. The zero-order chi connectivity index (χ0) is 16.0. The molecule has 0 aromatic carbocycles. The maximum atomic E-state index is 10.6. The molecule has 0 spiro atoms. The van der Waals surface area contributed by atoms with Crippen molar-refractivity contribution in [2.45, 2.75) is 65.0 Å².